The van der Waals surface area contributed by atoms with Crippen LogP contribution in [0.15, 0.2) is 24.3 Å². The molecule has 2 aromatic rings. The minimum atomic E-state index is 0. The fourth-order valence-corrected chi connectivity index (χ4v) is 2.99. The molecule has 3 nitrogen and oxygen atoms in total. The molecule has 0 amide bonds. The van der Waals surface area contributed by atoms with Crippen LogP contribution in [0.1, 0.15) is 57.7 Å². The van der Waals surface area contributed by atoms with Crippen molar-refractivity contribution in [2.24, 2.45) is 7.05 Å². The summed E-state index contributed by atoms with van der Waals surface area (Å²) in [7, 11) is 2.12. The molecule has 1 aromatic heterocycles. The Morgan fingerprint density at radius 2 is 1.65 bits per heavy atom. The highest BCUT2D eigenvalue weighted by Crippen LogP contribution is 2.13. The molecule has 0 fully saturated rings. The van der Waals surface area contributed by atoms with Gasteiger partial charge in [0, 0.05) is 6.92 Å². The van der Waals surface area contributed by atoms with Crippen molar-refractivity contribution in [3.8, 4) is 0 Å². The quantitative estimate of drug-likeness (QED) is 0.474. The van der Waals surface area contributed by atoms with E-state index in [2.05, 4.69) is 54.3 Å². The monoisotopic (exact) mass is 338 g/mol. The molecule has 130 valence electrons. The molecule has 0 bridgehead atoms. The summed E-state index contributed by atoms with van der Waals surface area (Å²) in [6.45, 7) is 5.93. The number of imidazole rings is 1. The molecule has 0 aliphatic heterocycles. The van der Waals surface area contributed by atoms with Crippen LogP contribution in [0.4, 0.5) is 0 Å². The third-order valence-electron chi connectivity index (χ3n) is 4.52. The van der Waals surface area contributed by atoms with Gasteiger partial charge in [-0.25, -0.2) is 9.13 Å². The molecule has 0 unspecified atom stereocenters. The summed E-state index contributed by atoms with van der Waals surface area (Å²) in [5.74, 6) is 1.24. The molecule has 1 heterocycles. The topological polar surface area (TPSA) is 18.0 Å². The Bertz CT molecular complexity index is 580. The molecule has 0 spiro atoms. The molecule has 1 aromatic carbocycles. The van der Waals surface area contributed by atoms with Crippen molar-refractivity contribution in [3.05, 3.63) is 30.1 Å². The number of aromatic nitrogens is 2. The molecule has 23 heavy (non-hydrogen) atoms. The van der Waals surface area contributed by atoms with Gasteiger partial charge >= 0.3 is 0 Å². The van der Waals surface area contributed by atoms with Crippen molar-refractivity contribution >= 4 is 11.0 Å². The number of unbranched alkanes of at least 4 members (excludes halogenated alkanes) is 6. The number of benzene rings is 1. The molecule has 0 N–H and O–H groups in total. The SMILES string of the molecule is CCCCCCCCCOCn1c(C)[n+](C)c2ccccc21.[Cl-]. The normalized spacial score (nSPS) is 10.9. The number of nitrogens with zero attached hydrogens (tertiary/aromatic N) is 2. The predicted octanol–water partition coefficient (Wildman–Crippen LogP) is 1.50. The van der Waals surface area contributed by atoms with Gasteiger partial charge in [-0.05, 0) is 18.6 Å². The lowest BCUT2D eigenvalue weighted by Crippen LogP contribution is -3.00. The van der Waals surface area contributed by atoms with E-state index in [-0.39, 0.29) is 12.4 Å². The van der Waals surface area contributed by atoms with Crippen LogP contribution in [0, 0.1) is 6.92 Å². The first kappa shape index (κ1) is 20.0. The Hall–Kier alpha value is -1.06. The first-order valence-corrected chi connectivity index (χ1v) is 8.77. The Kier molecular flexibility index (Phi) is 9.27. The summed E-state index contributed by atoms with van der Waals surface area (Å²) in [5.41, 5.74) is 2.52. The Morgan fingerprint density at radius 3 is 2.39 bits per heavy atom. The van der Waals surface area contributed by atoms with Crippen LogP contribution in [-0.2, 0) is 18.5 Å². The smallest absolute Gasteiger partial charge is 0.255 e. The number of para-hydroxylation sites is 2. The van der Waals surface area contributed by atoms with Crippen LogP contribution in [0.3, 0.4) is 0 Å². The number of fused-ring (bicyclic) bond motifs is 1. The zero-order chi connectivity index (χ0) is 15.8. The maximum Gasteiger partial charge on any atom is 0.255 e. The van der Waals surface area contributed by atoms with Gasteiger partial charge < -0.3 is 17.1 Å². The van der Waals surface area contributed by atoms with E-state index in [1.807, 2.05) is 0 Å². The van der Waals surface area contributed by atoms with E-state index in [1.54, 1.807) is 0 Å². The van der Waals surface area contributed by atoms with Gasteiger partial charge in [-0.2, -0.15) is 0 Å². The molecule has 0 atom stereocenters. The first-order chi connectivity index (χ1) is 10.8. The highest BCUT2D eigenvalue weighted by atomic mass is 35.5. The minimum absolute atomic E-state index is 0. The van der Waals surface area contributed by atoms with Gasteiger partial charge in [0.2, 0.25) is 0 Å². The van der Waals surface area contributed by atoms with E-state index in [9.17, 15) is 0 Å². The molecule has 0 radical (unpaired) electrons. The second kappa shape index (κ2) is 10.7. The Morgan fingerprint density at radius 1 is 1.00 bits per heavy atom. The highest BCUT2D eigenvalue weighted by Gasteiger charge is 2.17. The zero-order valence-electron chi connectivity index (χ0n) is 14.9. The predicted molar refractivity (Wildman–Crippen MR) is 91.8 cm³/mol. The number of hydrogen-bond acceptors (Lipinski definition) is 1. The van der Waals surface area contributed by atoms with E-state index in [4.69, 9.17) is 4.74 Å². The van der Waals surface area contributed by atoms with Gasteiger partial charge in [0.1, 0.15) is 0 Å². The summed E-state index contributed by atoms with van der Waals surface area (Å²) in [5, 5.41) is 0. The van der Waals surface area contributed by atoms with Gasteiger partial charge in [0.15, 0.2) is 17.8 Å². The fraction of sp³-hybridized carbons (Fsp3) is 0.632. The summed E-state index contributed by atoms with van der Waals surface area (Å²) in [6, 6.07) is 8.51. The van der Waals surface area contributed by atoms with Gasteiger partial charge in [-0.3, -0.25) is 0 Å². The van der Waals surface area contributed by atoms with E-state index in [0.29, 0.717) is 6.73 Å². The van der Waals surface area contributed by atoms with Gasteiger partial charge in [0.05, 0.1) is 13.7 Å². The van der Waals surface area contributed by atoms with E-state index in [0.717, 1.165) is 6.61 Å². The fourth-order valence-electron chi connectivity index (χ4n) is 2.99. The Balaban J connectivity index is 0.00000264. The largest absolute Gasteiger partial charge is 1.00 e. The third-order valence-corrected chi connectivity index (χ3v) is 4.52. The highest BCUT2D eigenvalue weighted by molar-refractivity contribution is 5.72. The maximum absolute atomic E-state index is 5.90. The molecule has 2 rings (SSSR count). The second-order valence-corrected chi connectivity index (χ2v) is 6.18. The number of rotatable bonds is 10. The maximum atomic E-state index is 5.90. The summed E-state index contributed by atoms with van der Waals surface area (Å²) in [4.78, 5) is 0. The lowest BCUT2D eigenvalue weighted by Gasteiger charge is -2.04. The first-order valence-electron chi connectivity index (χ1n) is 8.77. The van der Waals surface area contributed by atoms with Gasteiger partial charge in [-0.15, -0.1) is 0 Å². The van der Waals surface area contributed by atoms with E-state index >= 15 is 0 Å². The van der Waals surface area contributed by atoms with Crippen LogP contribution in [-0.4, -0.2) is 11.2 Å². The zero-order valence-corrected chi connectivity index (χ0v) is 15.6. The van der Waals surface area contributed by atoms with E-state index < -0.39 is 0 Å². The number of aryl methyl sites for hydroxylation is 1. The standard InChI is InChI=1S/C19H31N2O.ClH/c1-4-5-6-7-8-9-12-15-22-16-21-17(2)20(3)18-13-10-11-14-19(18)21;/h10-11,13-14H,4-9,12,15-16H2,1-3H3;1H/q+1;/p-1. The minimum Gasteiger partial charge on any atom is -1.00 e. The van der Waals surface area contributed by atoms with Crippen LogP contribution in [0.5, 0.6) is 0 Å². The summed E-state index contributed by atoms with van der Waals surface area (Å²) >= 11 is 0. The van der Waals surface area contributed by atoms with Crippen molar-refractivity contribution in [2.75, 3.05) is 6.61 Å². The summed E-state index contributed by atoms with van der Waals surface area (Å²) < 4.78 is 10.4. The molecular weight excluding hydrogens is 308 g/mol. The van der Waals surface area contributed by atoms with Crippen LogP contribution in [0.25, 0.3) is 11.0 Å². The lowest BCUT2D eigenvalue weighted by atomic mass is 10.1. The molecule has 4 heteroatoms. The molecule has 0 aliphatic rings. The van der Waals surface area contributed by atoms with Gasteiger partial charge in [-0.1, -0.05) is 57.6 Å². The van der Waals surface area contributed by atoms with Crippen molar-refractivity contribution in [1.82, 2.24) is 4.57 Å². The average Bonchev–Trinajstić information content (AvgIpc) is 2.78. The van der Waals surface area contributed by atoms with Crippen LogP contribution in [0.2, 0.25) is 0 Å². The summed E-state index contributed by atoms with van der Waals surface area (Å²) in [6.07, 6.45) is 9.30. The van der Waals surface area contributed by atoms with Crippen molar-refractivity contribution in [1.29, 1.82) is 0 Å². The molecular formula is C19H31ClN2O. The van der Waals surface area contributed by atoms with Crippen LogP contribution < -0.4 is 17.0 Å². The number of ether oxygens (including phenoxy) is 1. The number of halogens is 1. The second-order valence-electron chi connectivity index (χ2n) is 6.18. The molecule has 0 saturated carbocycles. The van der Waals surface area contributed by atoms with Crippen molar-refractivity contribution in [2.45, 2.75) is 65.5 Å². The van der Waals surface area contributed by atoms with E-state index in [1.165, 1.54) is 61.8 Å². The van der Waals surface area contributed by atoms with Gasteiger partial charge in [0.25, 0.3) is 5.82 Å². The molecule has 0 aliphatic carbocycles. The molecule has 0 saturated heterocycles. The Labute approximate surface area is 147 Å². The van der Waals surface area contributed by atoms with Crippen LogP contribution >= 0.6 is 0 Å². The lowest BCUT2D eigenvalue weighted by molar-refractivity contribution is -0.652. The average molecular weight is 339 g/mol. The number of hydrogen-bond donors (Lipinski definition) is 0. The third kappa shape index (κ3) is 5.50. The van der Waals surface area contributed by atoms with Crippen molar-refractivity contribution in [3.63, 3.8) is 0 Å². The van der Waals surface area contributed by atoms with Crippen molar-refractivity contribution < 1.29 is 21.7 Å².